The van der Waals surface area contributed by atoms with Crippen molar-refractivity contribution in [3.63, 3.8) is 0 Å². The van der Waals surface area contributed by atoms with Gasteiger partial charge in [0.2, 0.25) is 0 Å². The number of fused-ring (bicyclic) bond motifs is 4. The summed E-state index contributed by atoms with van der Waals surface area (Å²) in [5, 5.41) is 0. The highest BCUT2D eigenvalue weighted by molar-refractivity contribution is 5.78. The zero-order valence-electron chi connectivity index (χ0n) is 18.1. The first-order chi connectivity index (χ1) is 16.2. The molecule has 0 radical (unpaired) electrons. The second-order valence-electron chi connectivity index (χ2n) is 8.50. The molecule has 6 rings (SSSR count). The zero-order chi connectivity index (χ0) is 22.3. The van der Waals surface area contributed by atoms with Crippen molar-refractivity contribution in [2.24, 2.45) is 10.7 Å². The topological polar surface area (TPSA) is 101 Å². The molecule has 8 nitrogen and oxygen atoms in total. The van der Waals surface area contributed by atoms with Gasteiger partial charge in [-0.05, 0) is 55.2 Å². The van der Waals surface area contributed by atoms with Crippen molar-refractivity contribution in [3.05, 3.63) is 66.2 Å². The van der Waals surface area contributed by atoms with Crippen molar-refractivity contribution in [1.29, 1.82) is 0 Å². The third kappa shape index (κ3) is 3.56. The van der Waals surface area contributed by atoms with Crippen molar-refractivity contribution < 1.29 is 18.9 Å². The van der Waals surface area contributed by atoms with E-state index in [1.807, 2.05) is 36.4 Å². The zero-order valence-corrected chi connectivity index (χ0v) is 18.1. The summed E-state index contributed by atoms with van der Waals surface area (Å²) in [4.78, 5) is 13.0. The van der Waals surface area contributed by atoms with Crippen LogP contribution in [0.4, 0.5) is 0 Å². The fraction of sp³-hybridized carbons (Fsp3) is 0.320. The molecule has 1 saturated heterocycles. The lowest BCUT2D eigenvalue weighted by Crippen LogP contribution is -2.31. The molecule has 3 aliphatic heterocycles. The van der Waals surface area contributed by atoms with Gasteiger partial charge in [-0.25, -0.2) is 15.0 Å². The van der Waals surface area contributed by atoms with Crippen LogP contribution in [0.15, 0.2) is 60.1 Å². The smallest absolute Gasteiger partial charge is 0.283 e. The third-order valence-electron chi connectivity index (χ3n) is 6.38. The van der Waals surface area contributed by atoms with E-state index in [4.69, 9.17) is 29.7 Å². The summed E-state index contributed by atoms with van der Waals surface area (Å²) in [7, 11) is 0. The van der Waals surface area contributed by atoms with Gasteiger partial charge in [-0.1, -0.05) is 6.07 Å². The van der Waals surface area contributed by atoms with E-state index >= 15 is 0 Å². The van der Waals surface area contributed by atoms with E-state index in [2.05, 4.69) is 9.97 Å². The Bertz CT molecular complexity index is 1210. The molecule has 2 atom stereocenters. The second-order valence-corrected chi connectivity index (χ2v) is 8.50. The van der Waals surface area contributed by atoms with Crippen LogP contribution < -0.4 is 15.2 Å². The Morgan fingerprint density at radius 1 is 1.00 bits per heavy atom. The van der Waals surface area contributed by atoms with Gasteiger partial charge in [-0.15, -0.1) is 0 Å². The second kappa shape index (κ2) is 8.04. The molecule has 0 aliphatic carbocycles. The Kier molecular flexibility index (Phi) is 4.87. The van der Waals surface area contributed by atoms with Gasteiger partial charge in [0.1, 0.15) is 36.8 Å². The maximum absolute atomic E-state index is 6.26. The third-order valence-corrected chi connectivity index (χ3v) is 6.38. The van der Waals surface area contributed by atoms with Crippen LogP contribution in [0.25, 0.3) is 11.1 Å². The average Bonchev–Trinajstić information content (AvgIpc) is 3.26. The van der Waals surface area contributed by atoms with E-state index in [0.29, 0.717) is 12.4 Å². The lowest BCUT2D eigenvalue weighted by Gasteiger charge is -2.34. The van der Waals surface area contributed by atoms with Crippen LogP contribution in [0.2, 0.25) is 0 Å². The number of aliphatic imine (C=N–C) groups is 1. The van der Waals surface area contributed by atoms with Crippen LogP contribution in [-0.2, 0) is 15.0 Å². The predicted molar refractivity (Wildman–Crippen MR) is 121 cm³/mol. The fourth-order valence-electron chi connectivity index (χ4n) is 4.68. The van der Waals surface area contributed by atoms with Gasteiger partial charge < -0.3 is 24.7 Å². The monoisotopic (exact) mass is 444 g/mol. The molecule has 0 amide bonds. The summed E-state index contributed by atoms with van der Waals surface area (Å²) in [6.45, 7) is 1.60. The Labute approximate surface area is 191 Å². The SMILES string of the molecule is NC1=N[C@]2(CO1)c1cc(OCC3CCCCO3)ccc1Oc1ccc(-c3cncnc3)cc12. The summed E-state index contributed by atoms with van der Waals surface area (Å²) < 4.78 is 23.9. The van der Waals surface area contributed by atoms with Gasteiger partial charge in [0, 0.05) is 35.7 Å². The van der Waals surface area contributed by atoms with E-state index in [-0.39, 0.29) is 18.7 Å². The summed E-state index contributed by atoms with van der Waals surface area (Å²) in [5.74, 6) is 2.17. The normalized spacial score (nSPS) is 23.2. The van der Waals surface area contributed by atoms with Crippen LogP contribution in [0.3, 0.4) is 0 Å². The molecule has 168 valence electrons. The Hall–Kier alpha value is -3.65. The Morgan fingerprint density at radius 2 is 1.82 bits per heavy atom. The number of benzene rings is 2. The highest BCUT2D eigenvalue weighted by Gasteiger charge is 2.47. The molecule has 2 N–H and O–H groups in total. The first-order valence-corrected chi connectivity index (χ1v) is 11.2. The molecule has 2 aromatic carbocycles. The highest BCUT2D eigenvalue weighted by atomic mass is 16.5. The van der Waals surface area contributed by atoms with E-state index in [1.165, 1.54) is 12.7 Å². The van der Waals surface area contributed by atoms with Crippen molar-refractivity contribution in [1.82, 2.24) is 9.97 Å². The summed E-state index contributed by atoms with van der Waals surface area (Å²) in [6.07, 6.45) is 8.50. The predicted octanol–water partition coefficient (Wildman–Crippen LogP) is 3.79. The minimum absolute atomic E-state index is 0.125. The molecular formula is C25H24N4O4. The van der Waals surface area contributed by atoms with Gasteiger partial charge in [-0.2, -0.15) is 0 Å². The van der Waals surface area contributed by atoms with Crippen molar-refractivity contribution in [2.45, 2.75) is 30.9 Å². The first-order valence-electron chi connectivity index (χ1n) is 11.2. The van der Waals surface area contributed by atoms with Gasteiger partial charge in [-0.3, -0.25) is 0 Å². The molecule has 1 aromatic heterocycles. The molecule has 33 heavy (non-hydrogen) atoms. The van der Waals surface area contributed by atoms with Gasteiger partial charge in [0.15, 0.2) is 5.54 Å². The largest absolute Gasteiger partial charge is 0.491 e. The lowest BCUT2D eigenvalue weighted by atomic mass is 9.80. The highest BCUT2D eigenvalue weighted by Crippen LogP contribution is 2.52. The molecule has 1 fully saturated rings. The van der Waals surface area contributed by atoms with E-state index < -0.39 is 5.54 Å². The number of nitrogens with zero attached hydrogens (tertiary/aromatic N) is 3. The minimum atomic E-state index is -0.820. The molecule has 8 heteroatoms. The minimum Gasteiger partial charge on any atom is -0.491 e. The van der Waals surface area contributed by atoms with Crippen LogP contribution in [0, 0.1) is 0 Å². The van der Waals surface area contributed by atoms with Gasteiger partial charge in [0.25, 0.3) is 6.02 Å². The summed E-state index contributed by atoms with van der Waals surface area (Å²) in [6, 6.07) is 11.9. The summed E-state index contributed by atoms with van der Waals surface area (Å²) in [5.41, 5.74) is 8.80. The maximum atomic E-state index is 6.26. The van der Waals surface area contributed by atoms with E-state index in [1.54, 1.807) is 12.4 Å². The Balaban J connectivity index is 1.39. The molecule has 1 unspecified atom stereocenters. The van der Waals surface area contributed by atoms with E-state index in [0.717, 1.165) is 53.2 Å². The number of ether oxygens (including phenoxy) is 4. The molecule has 0 bridgehead atoms. The number of aromatic nitrogens is 2. The van der Waals surface area contributed by atoms with Crippen LogP contribution in [0.5, 0.6) is 17.2 Å². The van der Waals surface area contributed by atoms with Gasteiger partial charge >= 0.3 is 0 Å². The van der Waals surface area contributed by atoms with Crippen LogP contribution >= 0.6 is 0 Å². The standard InChI is InChI=1S/C25H24N4O4/c26-24-29-25(14-32-24)20-9-16(17-11-27-15-28-12-17)4-6-22(20)33-23-7-5-18(10-21(23)25)31-13-19-3-1-2-8-30-19/h4-7,9-12,15,19H,1-3,8,13-14H2,(H2,26,29)/t19?,25-/m0/s1. The van der Waals surface area contributed by atoms with Crippen LogP contribution in [0.1, 0.15) is 30.4 Å². The van der Waals surface area contributed by atoms with E-state index in [9.17, 15) is 0 Å². The number of hydrogen-bond donors (Lipinski definition) is 1. The fourth-order valence-corrected chi connectivity index (χ4v) is 4.68. The van der Waals surface area contributed by atoms with Crippen molar-refractivity contribution >= 4 is 6.02 Å². The van der Waals surface area contributed by atoms with Gasteiger partial charge in [0.05, 0.1) is 6.10 Å². The number of nitrogens with two attached hydrogens (primary N) is 1. The quantitative estimate of drug-likeness (QED) is 0.653. The molecular weight excluding hydrogens is 420 g/mol. The lowest BCUT2D eigenvalue weighted by molar-refractivity contribution is -0.0111. The molecule has 3 aliphatic rings. The van der Waals surface area contributed by atoms with Crippen molar-refractivity contribution in [3.8, 4) is 28.4 Å². The maximum Gasteiger partial charge on any atom is 0.283 e. The average molecular weight is 444 g/mol. The van der Waals surface area contributed by atoms with Crippen LogP contribution in [-0.4, -0.2) is 41.9 Å². The Morgan fingerprint density at radius 3 is 2.58 bits per heavy atom. The number of amidine groups is 1. The summed E-state index contributed by atoms with van der Waals surface area (Å²) >= 11 is 0. The molecule has 1 spiro atoms. The molecule has 4 heterocycles. The van der Waals surface area contributed by atoms with Crippen molar-refractivity contribution in [2.75, 3.05) is 19.8 Å². The molecule has 3 aromatic rings. The number of rotatable bonds is 4. The molecule has 0 saturated carbocycles. The number of hydrogen-bond acceptors (Lipinski definition) is 8. The first kappa shape index (κ1) is 20.0.